The van der Waals surface area contributed by atoms with E-state index < -0.39 is 0 Å². The molecule has 0 unspecified atom stereocenters. The molecular weight excluding hydrogens is 372 g/mol. The molecule has 0 aromatic heterocycles. The molecule has 0 bridgehead atoms. The van der Waals surface area contributed by atoms with Gasteiger partial charge in [-0.05, 0) is 58.2 Å². The average molecular weight is 391 g/mol. The van der Waals surface area contributed by atoms with Gasteiger partial charge in [0.25, 0.3) is 0 Å². The quantitative estimate of drug-likeness (QED) is 0.796. The first kappa shape index (κ1) is 18.0. The fourth-order valence-electron chi connectivity index (χ4n) is 2.09. The molecule has 0 saturated heterocycles. The van der Waals surface area contributed by atoms with E-state index in [0.29, 0.717) is 5.69 Å². The van der Waals surface area contributed by atoms with E-state index in [-0.39, 0.29) is 24.8 Å². The van der Waals surface area contributed by atoms with Crippen LogP contribution in [-0.4, -0.2) is 25.5 Å². The fraction of sp³-hybridized carbons (Fsp3) is 0.222. The van der Waals surface area contributed by atoms with Gasteiger partial charge in [-0.15, -0.1) is 0 Å². The number of aryl methyl sites for hydroxylation is 1. The van der Waals surface area contributed by atoms with E-state index in [4.69, 9.17) is 4.74 Å². The molecule has 0 fully saturated rings. The molecule has 5 nitrogen and oxygen atoms in total. The Kier molecular flexibility index (Phi) is 6.37. The van der Waals surface area contributed by atoms with Crippen molar-refractivity contribution in [1.29, 1.82) is 0 Å². The SMILES string of the molecule is COc1ccc(CC(=O)NCC(=O)Nc2ccc(C)cc2Br)cc1. The first-order valence-electron chi connectivity index (χ1n) is 7.43. The highest BCUT2D eigenvalue weighted by molar-refractivity contribution is 9.10. The number of amides is 2. The van der Waals surface area contributed by atoms with Crippen LogP contribution in [0.5, 0.6) is 5.75 Å². The van der Waals surface area contributed by atoms with Crippen molar-refractivity contribution in [2.45, 2.75) is 13.3 Å². The van der Waals surface area contributed by atoms with E-state index in [0.717, 1.165) is 21.3 Å². The van der Waals surface area contributed by atoms with Crippen LogP contribution in [-0.2, 0) is 16.0 Å². The zero-order valence-corrected chi connectivity index (χ0v) is 15.1. The average Bonchev–Trinajstić information content (AvgIpc) is 2.56. The number of carbonyl (C=O) groups excluding carboxylic acids is 2. The summed E-state index contributed by atoms with van der Waals surface area (Å²) in [7, 11) is 1.59. The van der Waals surface area contributed by atoms with Gasteiger partial charge in [0.1, 0.15) is 5.75 Å². The molecule has 24 heavy (non-hydrogen) atoms. The molecule has 0 saturated carbocycles. The Morgan fingerprint density at radius 1 is 1.08 bits per heavy atom. The second-order valence-corrected chi connectivity index (χ2v) is 6.19. The number of nitrogens with one attached hydrogen (secondary N) is 2. The van der Waals surface area contributed by atoms with Crippen molar-refractivity contribution in [3.05, 3.63) is 58.1 Å². The second kappa shape index (κ2) is 8.49. The Morgan fingerprint density at radius 3 is 2.42 bits per heavy atom. The minimum Gasteiger partial charge on any atom is -0.497 e. The van der Waals surface area contributed by atoms with E-state index in [1.807, 2.05) is 37.3 Å². The van der Waals surface area contributed by atoms with Crippen LogP contribution in [0.4, 0.5) is 5.69 Å². The summed E-state index contributed by atoms with van der Waals surface area (Å²) in [6.45, 7) is 1.89. The summed E-state index contributed by atoms with van der Waals surface area (Å²) in [6, 6.07) is 12.9. The standard InChI is InChI=1S/C18H19BrN2O3/c1-12-3-8-16(15(19)9-12)21-18(23)11-20-17(22)10-13-4-6-14(24-2)7-5-13/h3-9H,10-11H2,1-2H3,(H,20,22)(H,21,23). The maximum atomic E-state index is 11.9. The van der Waals surface area contributed by atoms with Crippen LogP contribution in [0.15, 0.2) is 46.9 Å². The topological polar surface area (TPSA) is 67.4 Å². The maximum Gasteiger partial charge on any atom is 0.243 e. The molecule has 0 aliphatic carbocycles. The number of hydrogen-bond donors (Lipinski definition) is 2. The number of carbonyl (C=O) groups is 2. The maximum absolute atomic E-state index is 11.9. The van der Waals surface area contributed by atoms with Crippen molar-refractivity contribution >= 4 is 33.4 Å². The largest absolute Gasteiger partial charge is 0.497 e. The van der Waals surface area contributed by atoms with Crippen molar-refractivity contribution in [3.63, 3.8) is 0 Å². The number of methoxy groups -OCH3 is 1. The molecule has 0 radical (unpaired) electrons. The van der Waals surface area contributed by atoms with Gasteiger partial charge in [-0.3, -0.25) is 9.59 Å². The molecule has 2 amide bonds. The van der Waals surface area contributed by atoms with E-state index in [1.54, 1.807) is 19.2 Å². The summed E-state index contributed by atoms with van der Waals surface area (Å²) in [6.07, 6.45) is 0.214. The summed E-state index contributed by atoms with van der Waals surface area (Å²) in [5, 5.41) is 5.37. The lowest BCUT2D eigenvalue weighted by atomic mass is 10.1. The molecule has 2 aromatic carbocycles. The highest BCUT2D eigenvalue weighted by Crippen LogP contribution is 2.23. The number of benzene rings is 2. The van der Waals surface area contributed by atoms with Gasteiger partial charge in [0.2, 0.25) is 11.8 Å². The lowest BCUT2D eigenvalue weighted by Gasteiger charge is -2.09. The molecule has 0 atom stereocenters. The third-order valence-electron chi connectivity index (χ3n) is 3.37. The zero-order valence-electron chi connectivity index (χ0n) is 13.6. The Morgan fingerprint density at radius 2 is 1.79 bits per heavy atom. The first-order valence-corrected chi connectivity index (χ1v) is 8.23. The second-order valence-electron chi connectivity index (χ2n) is 5.33. The number of hydrogen-bond acceptors (Lipinski definition) is 3. The van der Waals surface area contributed by atoms with E-state index in [2.05, 4.69) is 26.6 Å². The van der Waals surface area contributed by atoms with Crippen LogP contribution in [0.1, 0.15) is 11.1 Å². The van der Waals surface area contributed by atoms with Crippen molar-refractivity contribution in [2.24, 2.45) is 0 Å². The van der Waals surface area contributed by atoms with Gasteiger partial charge in [-0.2, -0.15) is 0 Å². The van der Waals surface area contributed by atoms with Gasteiger partial charge >= 0.3 is 0 Å². The minimum absolute atomic E-state index is 0.0741. The summed E-state index contributed by atoms with van der Waals surface area (Å²) in [4.78, 5) is 23.8. The van der Waals surface area contributed by atoms with Crippen molar-refractivity contribution in [3.8, 4) is 5.75 Å². The van der Waals surface area contributed by atoms with Crippen LogP contribution >= 0.6 is 15.9 Å². The Labute approximate surface area is 149 Å². The zero-order chi connectivity index (χ0) is 17.5. The van der Waals surface area contributed by atoms with Gasteiger partial charge in [-0.1, -0.05) is 18.2 Å². The van der Waals surface area contributed by atoms with Crippen LogP contribution < -0.4 is 15.4 Å². The Hall–Kier alpha value is -2.34. The molecule has 0 spiro atoms. The Balaban J connectivity index is 1.81. The smallest absolute Gasteiger partial charge is 0.243 e. The predicted molar refractivity (Wildman–Crippen MR) is 97.2 cm³/mol. The molecule has 6 heteroatoms. The van der Waals surface area contributed by atoms with Crippen molar-refractivity contribution in [2.75, 3.05) is 19.0 Å². The molecule has 126 valence electrons. The third kappa shape index (κ3) is 5.38. The normalized spacial score (nSPS) is 10.1. The molecule has 0 aliphatic heterocycles. The van der Waals surface area contributed by atoms with Crippen LogP contribution in [0, 0.1) is 6.92 Å². The van der Waals surface area contributed by atoms with Crippen LogP contribution in [0.3, 0.4) is 0 Å². The molecule has 2 N–H and O–H groups in total. The van der Waals surface area contributed by atoms with Gasteiger partial charge in [0, 0.05) is 4.47 Å². The molecule has 2 rings (SSSR count). The van der Waals surface area contributed by atoms with E-state index in [1.165, 1.54) is 0 Å². The van der Waals surface area contributed by atoms with Gasteiger partial charge in [0.05, 0.1) is 25.8 Å². The highest BCUT2D eigenvalue weighted by Gasteiger charge is 2.09. The summed E-state index contributed by atoms with van der Waals surface area (Å²) < 4.78 is 5.88. The van der Waals surface area contributed by atoms with Crippen molar-refractivity contribution in [1.82, 2.24) is 5.32 Å². The van der Waals surface area contributed by atoms with Crippen LogP contribution in [0.25, 0.3) is 0 Å². The third-order valence-corrected chi connectivity index (χ3v) is 4.02. The van der Waals surface area contributed by atoms with Crippen molar-refractivity contribution < 1.29 is 14.3 Å². The molecule has 2 aromatic rings. The van der Waals surface area contributed by atoms with E-state index in [9.17, 15) is 9.59 Å². The number of halogens is 1. The minimum atomic E-state index is -0.275. The lowest BCUT2D eigenvalue weighted by molar-refractivity contribution is -0.123. The number of rotatable bonds is 6. The van der Waals surface area contributed by atoms with Crippen LogP contribution in [0.2, 0.25) is 0 Å². The molecule has 0 heterocycles. The first-order chi connectivity index (χ1) is 11.5. The number of anilines is 1. The predicted octanol–water partition coefficient (Wildman–Crippen LogP) is 3.06. The van der Waals surface area contributed by atoms with E-state index >= 15 is 0 Å². The lowest BCUT2D eigenvalue weighted by Crippen LogP contribution is -2.33. The molecular formula is C18H19BrN2O3. The molecule has 0 aliphatic rings. The summed E-state index contributed by atoms with van der Waals surface area (Å²) in [5.41, 5.74) is 2.62. The summed E-state index contributed by atoms with van der Waals surface area (Å²) in [5.74, 6) is 0.253. The Bertz CT molecular complexity index is 730. The number of ether oxygens (including phenoxy) is 1. The van der Waals surface area contributed by atoms with Gasteiger partial charge in [0.15, 0.2) is 0 Å². The fourth-order valence-corrected chi connectivity index (χ4v) is 2.68. The highest BCUT2D eigenvalue weighted by atomic mass is 79.9. The van der Waals surface area contributed by atoms with Gasteiger partial charge < -0.3 is 15.4 Å². The monoisotopic (exact) mass is 390 g/mol. The summed E-state index contributed by atoms with van der Waals surface area (Å²) >= 11 is 3.40. The van der Waals surface area contributed by atoms with Gasteiger partial charge in [-0.25, -0.2) is 0 Å².